The van der Waals surface area contributed by atoms with E-state index in [4.69, 9.17) is 4.98 Å². The van der Waals surface area contributed by atoms with E-state index in [0.717, 1.165) is 22.8 Å². The van der Waals surface area contributed by atoms with Gasteiger partial charge >= 0.3 is 0 Å². The topological polar surface area (TPSA) is 38.7 Å². The molecule has 0 radical (unpaired) electrons. The third-order valence-electron chi connectivity index (χ3n) is 5.62. The summed E-state index contributed by atoms with van der Waals surface area (Å²) in [5.41, 5.74) is 7.34. The summed E-state index contributed by atoms with van der Waals surface area (Å²) >= 11 is 0. The zero-order valence-corrected chi connectivity index (χ0v) is 16.3. The standard InChI is InChI=1S/C25H21N3/c1-16-26-23(17-9-5-4-6-10-17)28-24(27-16)18-13-14-22-20(15-18)19-11-7-8-12-21(19)25(22,2)3/h4-15H,1-3H3. The van der Waals surface area contributed by atoms with Crippen molar-refractivity contribution in [2.75, 3.05) is 0 Å². The molecule has 3 aromatic carbocycles. The summed E-state index contributed by atoms with van der Waals surface area (Å²) < 4.78 is 0. The van der Waals surface area contributed by atoms with E-state index in [9.17, 15) is 0 Å². The molecule has 0 fully saturated rings. The minimum absolute atomic E-state index is 0.00860. The van der Waals surface area contributed by atoms with Crippen molar-refractivity contribution >= 4 is 0 Å². The first-order valence-electron chi connectivity index (χ1n) is 9.57. The number of rotatable bonds is 2. The molecule has 1 aromatic heterocycles. The van der Waals surface area contributed by atoms with E-state index in [1.807, 2.05) is 37.3 Å². The Bertz CT molecular complexity index is 1190. The summed E-state index contributed by atoms with van der Waals surface area (Å²) in [6.45, 7) is 6.50. The van der Waals surface area contributed by atoms with Crippen molar-refractivity contribution in [1.82, 2.24) is 15.0 Å². The fourth-order valence-electron chi connectivity index (χ4n) is 4.19. The Morgan fingerprint density at radius 2 is 1.25 bits per heavy atom. The molecule has 0 saturated heterocycles. The molecule has 0 bridgehead atoms. The van der Waals surface area contributed by atoms with Gasteiger partial charge in [-0.05, 0) is 35.2 Å². The number of hydrogen-bond donors (Lipinski definition) is 0. The van der Waals surface area contributed by atoms with Gasteiger partial charge in [0.15, 0.2) is 11.6 Å². The number of aryl methyl sites for hydroxylation is 1. The van der Waals surface area contributed by atoms with E-state index < -0.39 is 0 Å². The maximum atomic E-state index is 4.77. The maximum Gasteiger partial charge on any atom is 0.163 e. The van der Waals surface area contributed by atoms with Gasteiger partial charge in [0.1, 0.15) is 5.82 Å². The lowest BCUT2D eigenvalue weighted by atomic mass is 9.82. The van der Waals surface area contributed by atoms with Crippen molar-refractivity contribution in [2.45, 2.75) is 26.2 Å². The monoisotopic (exact) mass is 363 g/mol. The molecule has 3 heteroatoms. The van der Waals surface area contributed by atoms with E-state index in [-0.39, 0.29) is 5.41 Å². The van der Waals surface area contributed by atoms with E-state index in [1.165, 1.54) is 22.3 Å². The number of hydrogen-bond acceptors (Lipinski definition) is 3. The fourth-order valence-corrected chi connectivity index (χ4v) is 4.19. The maximum absolute atomic E-state index is 4.77. The Balaban J connectivity index is 1.67. The van der Waals surface area contributed by atoms with Gasteiger partial charge in [-0.3, -0.25) is 0 Å². The van der Waals surface area contributed by atoms with E-state index in [1.54, 1.807) is 0 Å². The van der Waals surface area contributed by atoms with E-state index in [2.05, 4.69) is 66.3 Å². The molecule has 1 aliphatic rings. The van der Waals surface area contributed by atoms with Crippen LogP contribution in [0.2, 0.25) is 0 Å². The Morgan fingerprint density at radius 1 is 0.607 bits per heavy atom. The Hall–Kier alpha value is -3.33. The van der Waals surface area contributed by atoms with Crippen molar-refractivity contribution in [3.63, 3.8) is 0 Å². The van der Waals surface area contributed by atoms with Crippen LogP contribution in [0.5, 0.6) is 0 Å². The largest absolute Gasteiger partial charge is 0.213 e. The van der Waals surface area contributed by atoms with Crippen LogP contribution in [0.1, 0.15) is 30.8 Å². The first-order chi connectivity index (χ1) is 13.5. The highest BCUT2D eigenvalue weighted by atomic mass is 15.0. The van der Waals surface area contributed by atoms with Crippen LogP contribution in [0.15, 0.2) is 72.8 Å². The molecule has 4 aromatic rings. The second-order valence-electron chi connectivity index (χ2n) is 7.83. The van der Waals surface area contributed by atoms with Crippen LogP contribution < -0.4 is 0 Å². The van der Waals surface area contributed by atoms with Crippen LogP contribution in [-0.2, 0) is 5.41 Å². The summed E-state index contributed by atoms with van der Waals surface area (Å²) in [6, 6.07) is 25.3. The summed E-state index contributed by atoms with van der Waals surface area (Å²) in [5.74, 6) is 2.16. The van der Waals surface area contributed by atoms with Crippen molar-refractivity contribution in [3.05, 3.63) is 89.7 Å². The van der Waals surface area contributed by atoms with Crippen LogP contribution in [0.3, 0.4) is 0 Å². The highest BCUT2D eigenvalue weighted by Crippen LogP contribution is 2.49. The van der Waals surface area contributed by atoms with Gasteiger partial charge < -0.3 is 0 Å². The summed E-state index contributed by atoms with van der Waals surface area (Å²) in [6.07, 6.45) is 0. The first kappa shape index (κ1) is 16.8. The predicted molar refractivity (Wildman–Crippen MR) is 113 cm³/mol. The molecule has 0 amide bonds. The molecular formula is C25H21N3. The lowest BCUT2D eigenvalue weighted by Gasteiger charge is -2.21. The molecule has 28 heavy (non-hydrogen) atoms. The van der Waals surface area contributed by atoms with Crippen molar-refractivity contribution in [1.29, 1.82) is 0 Å². The van der Waals surface area contributed by atoms with E-state index in [0.29, 0.717) is 5.82 Å². The van der Waals surface area contributed by atoms with Gasteiger partial charge in [-0.1, -0.05) is 80.6 Å². The average molecular weight is 363 g/mol. The SMILES string of the molecule is Cc1nc(-c2ccccc2)nc(-c2ccc3c(c2)-c2ccccc2C3(C)C)n1. The van der Waals surface area contributed by atoms with Gasteiger partial charge in [-0.2, -0.15) is 0 Å². The zero-order chi connectivity index (χ0) is 19.3. The van der Waals surface area contributed by atoms with Crippen LogP contribution in [0, 0.1) is 6.92 Å². The third-order valence-corrected chi connectivity index (χ3v) is 5.62. The quantitative estimate of drug-likeness (QED) is 0.450. The number of nitrogens with zero attached hydrogens (tertiary/aromatic N) is 3. The first-order valence-corrected chi connectivity index (χ1v) is 9.57. The van der Waals surface area contributed by atoms with Gasteiger partial charge in [0.05, 0.1) is 0 Å². The molecule has 0 atom stereocenters. The molecule has 136 valence electrons. The molecule has 0 N–H and O–H groups in total. The van der Waals surface area contributed by atoms with Crippen LogP contribution in [-0.4, -0.2) is 15.0 Å². The number of fused-ring (bicyclic) bond motifs is 3. The molecule has 1 aliphatic carbocycles. The van der Waals surface area contributed by atoms with Gasteiger partial charge in [-0.25, -0.2) is 15.0 Å². The van der Waals surface area contributed by atoms with Gasteiger partial charge in [-0.15, -0.1) is 0 Å². The molecule has 5 rings (SSSR count). The van der Waals surface area contributed by atoms with E-state index >= 15 is 0 Å². The molecule has 0 aliphatic heterocycles. The van der Waals surface area contributed by atoms with Crippen LogP contribution in [0.25, 0.3) is 33.9 Å². The second-order valence-corrected chi connectivity index (χ2v) is 7.83. The zero-order valence-electron chi connectivity index (χ0n) is 16.3. The molecule has 0 saturated carbocycles. The summed E-state index contributed by atoms with van der Waals surface area (Å²) in [4.78, 5) is 13.9. The minimum Gasteiger partial charge on any atom is -0.213 e. The average Bonchev–Trinajstić information content (AvgIpc) is 2.95. The van der Waals surface area contributed by atoms with Gasteiger partial charge in [0.2, 0.25) is 0 Å². The van der Waals surface area contributed by atoms with Crippen molar-refractivity contribution in [2.24, 2.45) is 0 Å². The lowest BCUT2D eigenvalue weighted by molar-refractivity contribution is 0.660. The van der Waals surface area contributed by atoms with Gasteiger partial charge in [0.25, 0.3) is 0 Å². The molecular weight excluding hydrogens is 342 g/mol. The smallest absolute Gasteiger partial charge is 0.163 e. The minimum atomic E-state index is 0.00860. The Kier molecular flexibility index (Phi) is 3.66. The normalized spacial score (nSPS) is 13.8. The second kappa shape index (κ2) is 6.10. The number of aromatic nitrogens is 3. The van der Waals surface area contributed by atoms with Crippen LogP contribution >= 0.6 is 0 Å². The lowest BCUT2D eigenvalue weighted by Crippen LogP contribution is -2.14. The summed E-state index contributed by atoms with van der Waals surface area (Å²) in [7, 11) is 0. The van der Waals surface area contributed by atoms with Crippen molar-refractivity contribution in [3.8, 4) is 33.9 Å². The molecule has 3 nitrogen and oxygen atoms in total. The molecule has 1 heterocycles. The Labute approximate surface area is 165 Å². The summed E-state index contributed by atoms with van der Waals surface area (Å²) in [5, 5.41) is 0. The molecule has 0 unspecified atom stereocenters. The van der Waals surface area contributed by atoms with Crippen LogP contribution in [0.4, 0.5) is 0 Å². The van der Waals surface area contributed by atoms with Crippen molar-refractivity contribution < 1.29 is 0 Å². The Morgan fingerprint density at radius 3 is 2.04 bits per heavy atom. The van der Waals surface area contributed by atoms with Gasteiger partial charge in [0, 0.05) is 16.5 Å². The fraction of sp³-hybridized carbons (Fsp3) is 0.160. The predicted octanol–water partition coefficient (Wildman–Crippen LogP) is 5.82. The third kappa shape index (κ3) is 2.55. The highest BCUT2D eigenvalue weighted by Gasteiger charge is 2.35. The highest BCUT2D eigenvalue weighted by molar-refractivity contribution is 5.83. The number of benzene rings is 3. The molecule has 0 spiro atoms.